The summed E-state index contributed by atoms with van der Waals surface area (Å²) in [6, 6.07) is 3.18. The summed E-state index contributed by atoms with van der Waals surface area (Å²) in [5, 5.41) is 0.324. The Morgan fingerprint density at radius 2 is 2.29 bits per heavy atom. The van der Waals surface area contributed by atoms with Gasteiger partial charge in [-0.15, -0.1) is 0 Å². The second-order valence-electron chi connectivity index (χ2n) is 2.55. The lowest BCUT2D eigenvalue weighted by Crippen LogP contribution is -2.07. The number of carbonyl (C=O) groups excluding carboxylic acids is 1. The summed E-state index contributed by atoms with van der Waals surface area (Å²) in [4.78, 5) is 11.4. The average molecular weight is 279 g/mol. The summed E-state index contributed by atoms with van der Waals surface area (Å²) in [5.74, 6) is -0.475. The van der Waals surface area contributed by atoms with E-state index in [0.717, 1.165) is 0 Å². The zero-order valence-electron chi connectivity index (χ0n) is 7.51. The van der Waals surface area contributed by atoms with Crippen molar-refractivity contribution in [2.24, 2.45) is 0 Å². The molecule has 0 fully saturated rings. The second-order valence-corrected chi connectivity index (χ2v) is 3.75. The minimum absolute atomic E-state index is 0.272. The number of esters is 1. The average Bonchev–Trinajstić information content (AvgIpc) is 2.13. The van der Waals surface area contributed by atoms with Crippen molar-refractivity contribution in [1.29, 1.82) is 0 Å². The van der Waals surface area contributed by atoms with Gasteiger partial charge >= 0.3 is 5.97 Å². The van der Waals surface area contributed by atoms with Crippen LogP contribution in [0.2, 0.25) is 5.02 Å². The molecule has 0 aliphatic carbocycles. The van der Waals surface area contributed by atoms with E-state index in [1.165, 1.54) is 0 Å². The highest BCUT2D eigenvalue weighted by Crippen LogP contribution is 2.30. The van der Waals surface area contributed by atoms with Crippen LogP contribution in [0.15, 0.2) is 16.6 Å². The number of halogens is 2. The van der Waals surface area contributed by atoms with Crippen molar-refractivity contribution >= 4 is 39.2 Å². The molecule has 0 aliphatic rings. The lowest BCUT2D eigenvalue weighted by Gasteiger charge is -2.07. The van der Waals surface area contributed by atoms with Crippen molar-refractivity contribution in [3.05, 3.63) is 27.2 Å². The van der Waals surface area contributed by atoms with E-state index in [0.29, 0.717) is 21.8 Å². The molecule has 14 heavy (non-hydrogen) atoms. The number of carbonyl (C=O) groups is 1. The van der Waals surface area contributed by atoms with Gasteiger partial charge in [0.05, 0.1) is 21.7 Å². The zero-order valence-corrected chi connectivity index (χ0v) is 9.85. The normalized spacial score (nSPS) is 9.93. The third-order valence-corrected chi connectivity index (χ3v) is 2.77. The van der Waals surface area contributed by atoms with Gasteiger partial charge in [-0.2, -0.15) is 0 Å². The third-order valence-electron chi connectivity index (χ3n) is 1.60. The molecule has 5 heteroatoms. The van der Waals surface area contributed by atoms with E-state index in [1.807, 2.05) is 0 Å². The highest BCUT2D eigenvalue weighted by atomic mass is 79.9. The minimum Gasteiger partial charge on any atom is -0.462 e. The fourth-order valence-corrected chi connectivity index (χ4v) is 1.82. The maximum absolute atomic E-state index is 11.4. The molecule has 0 saturated heterocycles. The molecular weight excluding hydrogens is 269 g/mol. The van der Waals surface area contributed by atoms with Crippen LogP contribution >= 0.6 is 27.5 Å². The summed E-state index contributed by atoms with van der Waals surface area (Å²) < 4.78 is 5.31. The van der Waals surface area contributed by atoms with Gasteiger partial charge in [0.25, 0.3) is 0 Å². The number of ether oxygens (including phenoxy) is 1. The molecule has 0 atom stereocenters. The maximum atomic E-state index is 11.4. The van der Waals surface area contributed by atoms with Crippen LogP contribution in [-0.4, -0.2) is 12.6 Å². The van der Waals surface area contributed by atoms with Gasteiger partial charge in [0.15, 0.2) is 0 Å². The Balaban J connectivity index is 3.18. The summed E-state index contributed by atoms with van der Waals surface area (Å²) in [7, 11) is 0. The highest BCUT2D eigenvalue weighted by Gasteiger charge is 2.17. The van der Waals surface area contributed by atoms with Crippen molar-refractivity contribution in [2.75, 3.05) is 12.3 Å². The molecule has 0 radical (unpaired) electrons. The van der Waals surface area contributed by atoms with Crippen molar-refractivity contribution in [3.8, 4) is 0 Å². The lowest BCUT2D eigenvalue weighted by atomic mass is 10.2. The number of nitrogens with two attached hydrogens (primary N) is 1. The summed E-state index contributed by atoms with van der Waals surface area (Å²) in [6.07, 6.45) is 0. The van der Waals surface area contributed by atoms with Crippen LogP contribution in [-0.2, 0) is 4.74 Å². The SMILES string of the molecule is CCOC(=O)c1c(Cl)ccc(N)c1Br. The van der Waals surface area contributed by atoms with Gasteiger partial charge < -0.3 is 10.5 Å². The van der Waals surface area contributed by atoms with Crippen molar-refractivity contribution in [3.63, 3.8) is 0 Å². The monoisotopic (exact) mass is 277 g/mol. The number of benzene rings is 1. The molecular formula is C9H9BrClNO2. The van der Waals surface area contributed by atoms with E-state index in [9.17, 15) is 4.79 Å². The third kappa shape index (κ3) is 2.19. The van der Waals surface area contributed by atoms with Crippen LogP contribution in [0, 0.1) is 0 Å². The van der Waals surface area contributed by atoms with Gasteiger partial charge in [-0.3, -0.25) is 0 Å². The zero-order chi connectivity index (χ0) is 10.7. The Morgan fingerprint density at radius 3 is 2.86 bits per heavy atom. The molecule has 1 aromatic rings. The van der Waals surface area contributed by atoms with Crippen LogP contribution in [0.25, 0.3) is 0 Å². The first-order chi connectivity index (χ1) is 6.57. The molecule has 1 aromatic carbocycles. The summed E-state index contributed by atoms with van der Waals surface area (Å²) >= 11 is 9.04. The molecule has 0 amide bonds. The smallest absolute Gasteiger partial charge is 0.340 e. The van der Waals surface area contributed by atoms with Gasteiger partial charge in [0.2, 0.25) is 0 Å². The number of anilines is 1. The number of hydrogen-bond donors (Lipinski definition) is 1. The molecule has 76 valence electrons. The molecule has 0 bridgehead atoms. The lowest BCUT2D eigenvalue weighted by molar-refractivity contribution is 0.0525. The molecule has 0 unspecified atom stereocenters. The van der Waals surface area contributed by atoms with E-state index < -0.39 is 5.97 Å². The van der Waals surface area contributed by atoms with Crippen LogP contribution in [0.3, 0.4) is 0 Å². The minimum atomic E-state index is -0.475. The van der Waals surface area contributed by atoms with E-state index in [4.69, 9.17) is 22.1 Å². The maximum Gasteiger partial charge on any atom is 0.340 e. The topological polar surface area (TPSA) is 52.3 Å². The number of hydrogen-bond acceptors (Lipinski definition) is 3. The van der Waals surface area contributed by atoms with Gasteiger partial charge in [-0.1, -0.05) is 11.6 Å². The van der Waals surface area contributed by atoms with Crippen LogP contribution in [0.1, 0.15) is 17.3 Å². The fourth-order valence-electron chi connectivity index (χ4n) is 0.959. The Morgan fingerprint density at radius 1 is 1.64 bits per heavy atom. The molecule has 3 nitrogen and oxygen atoms in total. The molecule has 0 heterocycles. The highest BCUT2D eigenvalue weighted by molar-refractivity contribution is 9.10. The number of rotatable bonds is 2. The molecule has 0 aromatic heterocycles. The first-order valence-corrected chi connectivity index (χ1v) is 5.15. The van der Waals surface area contributed by atoms with Crippen LogP contribution in [0.4, 0.5) is 5.69 Å². The second kappa shape index (κ2) is 4.66. The van der Waals surface area contributed by atoms with E-state index in [1.54, 1.807) is 19.1 Å². The van der Waals surface area contributed by atoms with E-state index in [-0.39, 0.29) is 5.56 Å². The molecule has 1 rings (SSSR count). The molecule has 2 N–H and O–H groups in total. The predicted octanol–water partition coefficient (Wildman–Crippen LogP) is 2.86. The van der Waals surface area contributed by atoms with Crippen molar-refractivity contribution in [2.45, 2.75) is 6.92 Å². The first-order valence-electron chi connectivity index (χ1n) is 3.98. The largest absolute Gasteiger partial charge is 0.462 e. The van der Waals surface area contributed by atoms with Crippen LogP contribution in [0.5, 0.6) is 0 Å². The van der Waals surface area contributed by atoms with Gasteiger partial charge in [0, 0.05) is 5.69 Å². The Bertz CT molecular complexity index is 368. The summed E-state index contributed by atoms with van der Waals surface area (Å²) in [5.41, 5.74) is 6.34. The van der Waals surface area contributed by atoms with Crippen molar-refractivity contribution < 1.29 is 9.53 Å². The first kappa shape index (κ1) is 11.3. The Hall–Kier alpha value is -0.740. The standard InChI is InChI=1S/C9H9BrClNO2/c1-2-14-9(13)7-5(11)3-4-6(12)8(7)10/h3-4H,2,12H2,1H3. The van der Waals surface area contributed by atoms with Crippen LogP contribution < -0.4 is 5.73 Å². The van der Waals surface area contributed by atoms with Crippen molar-refractivity contribution in [1.82, 2.24) is 0 Å². The van der Waals surface area contributed by atoms with E-state index >= 15 is 0 Å². The van der Waals surface area contributed by atoms with Gasteiger partial charge in [-0.25, -0.2) is 4.79 Å². The Labute approximate surface area is 95.3 Å². The predicted molar refractivity (Wildman–Crippen MR) is 59.5 cm³/mol. The summed E-state index contributed by atoms with van der Waals surface area (Å²) in [6.45, 7) is 2.03. The van der Waals surface area contributed by atoms with E-state index in [2.05, 4.69) is 15.9 Å². The number of nitrogen functional groups attached to an aromatic ring is 1. The quantitative estimate of drug-likeness (QED) is 0.668. The molecule has 0 saturated carbocycles. The van der Waals surface area contributed by atoms with Gasteiger partial charge in [-0.05, 0) is 35.0 Å². The molecule has 0 spiro atoms. The fraction of sp³-hybridized carbons (Fsp3) is 0.222. The van der Waals surface area contributed by atoms with Gasteiger partial charge in [0.1, 0.15) is 0 Å². The molecule has 0 aliphatic heterocycles. The Kier molecular flexibility index (Phi) is 3.77.